The van der Waals surface area contributed by atoms with Crippen molar-refractivity contribution >= 4 is 0 Å². The number of ether oxygens (including phenoxy) is 1. The van der Waals surface area contributed by atoms with Crippen LogP contribution in [0.4, 0.5) is 0 Å². The van der Waals surface area contributed by atoms with Gasteiger partial charge in [0.2, 0.25) is 0 Å². The summed E-state index contributed by atoms with van der Waals surface area (Å²) in [5.74, 6) is 7.05. The molecule has 16 heavy (non-hydrogen) atoms. The van der Waals surface area contributed by atoms with Gasteiger partial charge in [-0.3, -0.25) is 0 Å². The monoisotopic (exact) mass is 208 g/mol. The lowest BCUT2D eigenvalue weighted by atomic mass is 10.2. The second kappa shape index (κ2) is 5.04. The average molecular weight is 208 g/mol. The minimum absolute atomic E-state index is 0.833. The van der Waals surface area contributed by atoms with E-state index in [0.717, 1.165) is 16.9 Å². The summed E-state index contributed by atoms with van der Waals surface area (Å²) in [6, 6.07) is 17.7. The zero-order valence-corrected chi connectivity index (χ0v) is 9.10. The summed E-state index contributed by atoms with van der Waals surface area (Å²) >= 11 is 0. The van der Waals surface area contributed by atoms with Crippen molar-refractivity contribution in [3.63, 3.8) is 0 Å². The zero-order valence-electron chi connectivity index (χ0n) is 9.10. The average Bonchev–Trinajstić information content (AvgIpc) is 2.38. The maximum Gasteiger partial charge on any atom is 0.120 e. The van der Waals surface area contributed by atoms with Crippen LogP contribution in [0.1, 0.15) is 11.1 Å². The molecule has 0 aliphatic carbocycles. The van der Waals surface area contributed by atoms with Crippen molar-refractivity contribution in [1.29, 1.82) is 0 Å². The molecule has 0 unspecified atom stereocenters. The molecule has 0 atom stereocenters. The standard InChI is InChI=1S/C15H12O/c1-16-15-9-5-8-14(12-15)11-10-13-6-3-2-4-7-13/h2-9,12H,1H3. The third kappa shape index (κ3) is 2.65. The van der Waals surface area contributed by atoms with Crippen LogP contribution in [-0.2, 0) is 0 Å². The number of hydrogen-bond donors (Lipinski definition) is 0. The van der Waals surface area contributed by atoms with Crippen molar-refractivity contribution in [2.45, 2.75) is 0 Å². The van der Waals surface area contributed by atoms with Gasteiger partial charge in [-0.1, -0.05) is 36.1 Å². The number of hydrogen-bond acceptors (Lipinski definition) is 1. The Morgan fingerprint density at radius 2 is 1.50 bits per heavy atom. The minimum atomic E-state index is 0.833. The molecule has 0 spiro atoms. The van der Waals surface area contributed by atoms with E-state index in [0.29, 0.717) is 0 Å². The maximum atomic E-state index is 5.14. The van der Waals surface area contributed by atoms with Crippen molar-refractivity contribution in [3.8, 4) is 17.6 Å². The lowest BCUT2D eigenvalue weighted by molar-refractivity contribution is 0.414. The molecule has 1 heteroatoms. The predicted molar refractivity (Wildman–Crippen MR) is 65.4 cm³/mol. The Labute approximate surface area is 95.7 Å². The lowest BCUT2D eigenvalue weighted by Gasteiger charge is -1.98. The molecule has 0 aromatic heterocycles. The molecule has 0 aliphatic rings. The fourth-order valence-corrected chi connectivity index (χ4v) is 1.37. The first kappa shape index (κ1) is 10.3. The van der Waals surface area contributed by atoms with E-state index in [2.05, 4.69) is 11.8 Å². The molecule has 2 aromatic carbocycles. The molecule has 0 saturated heterocycles. The van der Waals surface area contributed by atoms with Gasteiger partial charge in [0, 0.05) is 11.1 Å². The van der Waals surface area contributed by atoms with E-state index in [4.69, 9.17) is 4.74 Å². The molecule has 0 fully saturated rings. The van der Waals surface area contributed by atoms with Crippen LogP contribution in [-0.4, -0.2) is 7.11 Å². The van der Waals surface area contributed by atoms with Crippen LogP contribution < -0.4 is 4.74 Å². The molecule has 2 rings (SSSR count). The van der Waals surface area contributed by atoms with Gasteiger partial charge in [0.15, 0.2) is 0 Å². The highest BCUT2D eigenvalue weighted by Crippen LogP contribution is 2.11. The third-order valence-corrected chi connectivity index (χ3v) is 2.19. The lowest BCUT2D eigenvalue weighted by Crippen LogP contribution is -1.82. The molecule has 1 nitrogen and oxygen atoms in total. The van der Waals surface area contributed by atoms with E-state index in [9.17, 15) is 0 Å². The van der Waals surface area contributed by atoms with Crippen LogP contribution in [0, 0.1) is 11.8 Å². The van der Waals surface area contributed by atoms with Gasteiger partial charge < -0.3 is 4.74 Å². The molecule has 0 aliphatic heterocycles. The summed E-state index contributed by atoms with van der Waals surface area (Å²) < 4.78 is 5.14. The van der Waals surface area contributed by atoms with Gasteiger partial charge in [-0.2, -0.15) is 0 Å². The predicted octanol–water partition coefficient (Wildman–Crippen LogP) is 3.10. The summed E-state index contributed by atoms with van der Waals surface area (Å²) in [5.41, 5.74) is 1.98. The molecule has 2 aromatic rings. The second-order valence-electron chi connectivity index (χ2n) is 3.35. The van der Waals surface area contributed by atoms with Gasteiger partial charge in [0.1, 0.15) is 5.75 Å². The molecule has 0 amide bonds. The van der Waals surface area contributed by atoms with Crippen molar-refractivity contribution in [2.75, 3.05) is 7.11 Å². The topological polar surface area (TPSA) is 9.23 Å². The molecule has 0 bridgehead atoms. The largest absolute Gasteiger partial charge is 0.497 e. The molecule has 0 saturated carbocycles. The van der Waals surface area contributed by atoms with Gasteiger partial charge in [-0.25, -0.2) is 0 Å². The van der Waals surface area contributed by atoms with Gasteiger partial charge in [0.25, 0.3) is 0 Å². The molecular weight excluding hydrogens is 196 g/mol. The highest BCUT2D eigenvalue weighted by Gasteiger charge is 1.91. The van der Waals surface area contributed by atoms with Crippen LogP contribution in [0.15, 0.2) is 54.6 Å². The Morgan fingerprint density at radius 3 is 2.25 bits per heavy atom. The Bertz CT molecular complexity index is 518. The van der Waals surface area contributed by atoms with Crippen molar-refractivity contribution < 1.29 is 4.74 Å². The van der Waals surface area contributed by atoms with Gasteiger partial charge in [-0.05, 0) is 30.3 Å². The second-order valence-corrected chi connectivity index (χ2v) is 3.35. The van der Waals surface area contributed by atoms with Crippen LogP contribution in [0.2, 0.25) is 0 Å². The van der Waals surface area contributed by atoms with E-state index in [-0.39, 0.29) is 0 Å². The SMILES string of the molecule is COc1cccc(C#Cc2ccccc2)c1. The molecule has 78 valence electrons. The fraction of sp³-hybridized carbons (Fsp3) is 0.0667. The Hall–Kier alpha value is -2.20. The zero-order chi connectivity index (χ0) is 11.2. The quantitative estimate of drug-likeness (QED) is 0.654. The van der Waals surface area contributed by atoms with E-state index < -0.39 is 0 Å². The van der Waals surface area contributed by atoms with Gasteiger partial charge >= 0.3 is 0 Å². The summed E-state index contributed by atoms with van der Waals surface area (Å²) in [6.07, 6.45) is 0. The summed E-state index contributed by atoms with van der Waals surface area (Å²) in [6.45, 7) is 0. The van der Waals surface area contributed by atoms with E-state index >= 15 is 0 Å². The Morgan fingerprint density at radius 1 is 0.812 bits per heavy atom. The van der Waals surface area contributed by atoms with Crippen LogP contribution in [0.3, 0.4) is 0 Å². The van der Waals surface area contributed by atoms with Crippen LogP contribution in [0.25, 0.3) is 0 Å². The van der Waals surface area contributed by atoms with E-state index in [1.807, 2.05) is 54.6 Å². The van der Waals surface area contributed by atoms with E-state index in [1.165, 1.54) is 0 Å². The molecule has 0 radical (unpaired) electrons. The third-order valence-electron chi connectivity index (χ3n) is 2.19. The van der Waals surface area contributed by atoms with Crippen LogP contribution >= 0.6 is 0 Å². The highest BCUT2D eigenvalue weighted by molar-refractivity contribution is 5.44. The Balaban J connectivity index is 2.24. The molecular formula is C15H12O. The van der Waals surface area contributed by atoms with Crippen molar-refractivity contribution in [2.24, 2.45) is 0 Å². The number of methoxy groups -OCH3 is 1. The maximum absolute atomic E-state index is 5.14. The first-order valence-electron chi connectivity index (χ1n) is 5.09. The normalized spacial score (nSPS) is 9.06. The van der Waals surface area contributed by atoms with E-state index in [1.54, 1.807) is 7.11 Å². The van der Waals surface area contributed by atoms with Gasteiger partial charge in [0.05, 0.1) is 7.11 Å². The summed E-state index contributed by atoms with van der Waals surface area (Å²) in [5, 5.41) is 0. The number of benzene rings is 2. The molecule has 0 heterocycles. The molecule has 0 N–H and O–H groups in total. The van der Waals surface area contributed by atoms with Gasteiger partial charge in [-0.15, -0.1) is 0 Å². The fourth-order valence-electron chi connectivity index (χ4n) is 1.37. The minimum Gasteiger partial charge on any atom is -0.497 e. The van der Waals surface area contributed by atoms with Crippen molar-refractivity contribution in [3.05, 3.63) is 65.7 Å². The summed E-state index contributed by atoms with van der Waals surface area (Å²) in [4.78, 5) is 0. The first-order valence-corrected chi connectivity index (χ1v) is 5.09. The van der Waals surface area contributed by atoms with Crippen molar-refractivity contribution in [1.82, 2.24) is 0 Å². The van der Waals surface area contributed by atoms with Crippen LogP contribution in [0.5, 0.6) is 5.75 Å². The highest BCUT2D eigenvalue weighted by atomic mass is 16.5. The summed E-state index contributed by atoms with van der Waals surface area (Å²) in [7, 11) is 1.66. The number of rotatable bonds is 1. The Kier molecular flexibility index (Phi) is 3.25. The first-order chi connectivity index (χ1) is 7.88. The smallest absolute Gasteiger partial charge is 0.120 e.